The molecule has 1 aliphatic carbocycles. The molecular formula is C15H16N2S. The number of rotatable bonds is 0. The topological polar surface area (TPSA) is 15.6 Å². The van der Waals surface area contributed by atoms with Crippen LogP contribution in [0.2, 0.25) is 0 Å². The second-order valence-corrected chi connectivity index (χ2v) is 6.19. The van der Waals surface area contributed by atoms with Gasteiger partial charge in [0.05, 0.1) is 13.1 Å². The van der Waals surface area contributed by atoms with Crippen LogP contribution in [0.25, 0.3) is 0 Å². The van der Waals surface area contributed by atoms with Crippen molar-refractivity contribution in [2.24, 2.45) is 4.99 Å². The lowest BCUT2D eigenvalue weighted by Gasteiger charge is -2.23. The molecule has 0 unspecified atom stereocenters. The monoisotopic (exact) mass is 256 g/mol. The maximum atomic E-state index is 4.81. The van der Waals surface area contributed by atoms with Gasteiger partial charge < -0.3 is 4.90 Å². The van der Waals surface area contributed by atoms with Crippen molar-refractivity contribution in [1.82, 2.24) is 4.90 Å². The Hall–Kier alpha value is -1.22. The van der Waals surface area contributed by atoms with Crippen LogP contribution in [0.15, 0.2) is 39.9 Å². The largest absolute Gasteiger partial charge is 0.319 e. The maximum absolute atomic E-state index is 4.81. The minimum Gasteiger partial charge on any atom is -0.319 e. The van der Waals surface area contributed by atoms with Gasteiger partial charge in [0.2, 0.25) is 0 Å². The Labute approximate surface area is 112 Å². The van der Waals surface area contributed by atoms with Gasteiger partial charge in [-0.05, 0) is 36.8 Å². The van der Waals surface area contributed by atoms with Crippen LogP contribution in [-0.2, 0) is 13.1 Å². The highest BCUT2D eigenvalue weighted by Gasteiger charge is 2.32. The summed E-state index contributed by atoms with van der Waals surface area (Å²) in [6.45, 7) is 1.86. The van der Waals surface area contributed by atoms with Crippen LogP contribution in [0.5, 0.6) is 0 Å². The van der Waals surface area contributed by atoms with Crippen molar-refractivity contribution in [3.8, 4) is 0 Å². The molecule has 2 nitrogen and oxygen atoms in total. The van der Waals surface area contributed by atoms with E-state index in [2.05, 4.69) is 29.2 Å². The van der Waals surface area contributed by atoms with E-state index in [1.807, 2.05) is 11.8 Å². The van der Waals surface area contributed by atoms with Gasteiger partial charge in [0.15, 0.2) is 5.17 Å². The van der Waals surface area contributed by atoms with E-state index < -0.39 is 0 Å². The predicted octanol–water partition coefficient (Wildman–Crippen LogP) is 3.89. The van der Waals surface area contributed by atoms with E-state index in [9.17, 15) is 0 Å². The van der Waals surface area contributed by atoms with Crippen molar-refractivity contribution in [3.05, 3.63) is 46.0 Å². The fourth-order valence-electron chi connectivity index (χ4n) is 3.01. The number of fused-ring (bicyclic) bond motifs is 3. The molecule has 4 rings (SSSR count). The van der Waals surface area contributed by atoms with Crippen LogP contribution in [0, 0.1) is 0 Å². The number of hydrogen-bond acceptors (Lipinski definition) is 3. The zero-order chi connectivity index (χ0) is 11.9. The summed E-state index contributed by atoms with van der Waals surface area (Å²) in [6, 6.07) is 8.72. The highest BCUT2D eigenvalue weighted by molar-refractivity contribution is 8.17. The van der Waals surface area contributed by atoms with E-state index in [4.69, 9.17) is 4.99 Å². The Morgan fingerprint density at radius 3 is 2.83 bits per heavy atom. The minimum absolute atomic E-state index is 0.843. The first kappa shape index (κ1) is 10.7. The zero-order valence-electron chi connectivity index (χ0n) is 10.4. The van der Waals surface area contributed by atoms with E-state index in [1.165, 1.54) is 42.0 Å². The van der Waals surface area contributed by atoms with Gasteiger partial charge >= 0.3 is 0 Å². The third-order valence-corrected chi connectivity index (χ3v) is 5.21. The molecule has 0 spiro atoms. The number of amidine groups is 1. The minimum atomic E-state index is 0.843. The number of benzene rings is 1. The molecule has 0 amide bonds. The molecule has 0 fully saturated rings. The smallest absolute Gasteiger partial charge is 0.168 e. The highest BCUT2D eigenvalue weighted by Crippen LogP contribution is 2.44. The number of thioether (sulfide) groups is 1. The standard InChI is InChI=1S/C15H16N2S/c1-2-6-12-10-17-13-7-3-4-8-14(13)18-15(17)16-9-11(12)5-1/h1-2,5-6H,3-4,7-10H2. The van der Waals surface area contributed by atoms with E-state index in [1.54, 1.807) is 10.6 Å². The van der Waals surface area contributed by atoms with Crippen LogP contribution in [-0.4, -0.2) is 10.1 Å². The van der Waals surface area contributed by atoms with Crippen molar-refractivity contribution >= 4 is 16.9 Å². The lowest BCUT2D eigenvalue weighted by molar-refractivity contribution is 0.473. The number of allylic oxidation sites excluding steroid dienone is 2. The van der Waals surface area contributed by atoms with E-state index in [0.717, 1.165) is 13.1 Å². The predicted molar refractivity (Wildman–Crippen MR) is 76.2 cm³/mol. The fraction of sp³-hybridized carbons (Fsp3) is 0.400. The van der Waals surface area contributed by atoms with Crippen molar-refractivity contribution in [3.63, 3.8) is 0 Å². The average Bonchev–Trinajstić information content (AvgIpc) is 2.65. The molecule has 1 aromatic rings. The molecule has 18 heavy (non-hydrogen) atoms. The molecule has 1 aromatic carbocycles. The molecule has 0 bridgehead atoms. The summed E-state index contributed by atoms with van der Waals surface area (Å²) >= 11 is 1.92. The van der Waals surface area contributed by atoms with Crippen molar-refractivity contribution < 1.29 is 0 Å². The summed E-state index contributed by atoms with van der Waals surface area (Å²) in [5, 5.41) is 1.23. The third kappa shape index (κ3) is 1.61. The summed E-state index contributed by atoms with van der Waals surface area (Å²) < 4.78 is 0. The van der Waals surface area contributed by atoms with Crippen LogP contribution < -0.4 is 0 Å². The summed E-state index contributed by atoms with van der Waals surface area (Å²) in [7, 11) is 0. The van der Waals surface area contributed by atoms with E-state index >= 15 is 0 Å². The molecule has 3 aliphatic rings. The molecule has 2 heterocycles. The Balaban J connectivity index is 1.75. The van der Waals surface area contributed by atoms with Crippen LogP contribution >= 0.6 is 11.8 Å². The molecule has 0 atom stereocenters. The molecular weight excluding hydrogens is 240 g/mol. The summed E-state index contributed by atoms with van der Waals surface area (Å²) in [6.07, 6.45) is 5.19. The normalized spacial score (nSPS) is 22.0. The van der Waals surface area contributed by atoms with Crippen molar-refractivity contribution in [2.75, 3.05) is 0 Å². The molecule has 2 aliphatic heterocycles. The molecule has 0 saturated carbocycles. The second kappa shape index (κ2) is 4.16. The van der Waals surface area contributed by atoms with Gasteiger partial charge in [-0.2, -0.15) is 0 Å². The summed E-state index contributed by atoms with van der Waals surface area (Å²) in [5.41, 5.74) is 4.39. The first-order valence-electron chi connectivity index (χ1n) is 6.70. The van der Waals surface area contributed by atoms with Crippen LogP contribution in [0.1, 0.15) is 36.8 Å². The summed E-state index contributed by atoms with van der Waals surface area (Å²) in [4.78, 5) is 8.86. The van der Waals surface area contributed by atoms with Gasteiger partial charge in [-0.25, -0.2) is 0 Å². The number of aliphatic imine (C=N–C) groups is 1. The van der Waals surface area contributed by atoms with Gasteiger partial charge in [-0.1, -0.05) is 36.0 Å². The van der Waals surface area contributed by atoms with Gasteiger partial charge in [-0.3, -0.25) is 4.99 Å². The third-order valence-electron chi connectivity index (χ3n) is 3.99. The van der Waals surface area contributed by atoms with Crippen molar-refractivity contribution in [1.29, 1.82) is 0 Å². The van der Waals surface area contributed by atoms with Crippen molar-refractivity contribution in [2.45, 2.75) is 38.8 Å². The van der Waals surface area contributed by atoms with Gasteiger partial charge in [0, 0.05) is 10.6 Å². The van der Waals surface area contributed by atoms with Gasteiger partial charge in [-0.15, -0.1) is 0 Å². The molecule has 92 valence electrons. The van der Waals surface area contributed by atoms with E-state index in [-0.39, 0.29) is 0 Å². The van der Waals surface area contributed by atoms with Crippen LogP contribution in [0.4, 0.5) is 0 Å². The lowest BCUT2D eigenvalue weighted by atomic mass is 10.0. The SMILES string of the molecule is c1ccc2c(c1)CN=C1SC3=C(CCCC3)N1C2. The molecule has 0 saturated heterocycles. The number of nitrogens with zero attached hydrogens (tertiary/aromatic N) is 2. The molecule has 0 radical (unpaired) electrons. The Morgan fingerprint density at radius 1 is 1.06 bits per heavy atom. The van der Waals surface area contributed by atoms with E-state index in [0.29, 0.717) is 0 Å². The molecule has 0 aromatic heterocycles. The first-order valence-corrected chi connectivity index (χ1v) is 7.52. The Kier molecular flexibility index (Phi) is 2.47. The highest BCUT2D eigenvalue weighted by atomic mass is 32.2. The Morgan fingerprint density at radius 2 is 1.89 bits per heavy atom. The zero-order valence-corrected chi connectivity index (χ0v) is 11.2. The first-order chi connectivity index (χ1) is 8.92. The second-order valence-electron chi connectivity index (χ2n) is 5.13. The molecule has 0 N–H and O–H groups in total. The quantitative estimate of drug-likeness (QED) is 0.700. The lowest BCUT2D eigenvalue weighted by Crippen LogP contribution is -2.23. The van der Waals surface area contributed by atoms with Gasteiger partial charge in [0.25, 0.3) is 0 Å². The van der Waals surface area contributed by atoms with Gasteiger partial charge in [0.1, 0.15) is 0 Å². The van der Waals surface area contributed by atoms with Crippen LogP contribution in [0.3, 0.4) is 0 Å². The Bertz CT molecular complexity index is 559. The molecule has 3 heteroatoms. The number of hydrogen-bond donors (Lipinski definition) is 0. The summed E-state index contributed by atoms with van der Waals surface area (Å²) in [5.74, 6) is 0. The maximum Gasteiger partial charge on any atom is 0.168 e. The fourth-order valence-corrected chi connectivity index (χ4v) is 4.22. The average molecular weight is 256 g/mol.